The fourth-order valence-electron chi connectivity index (χ4n) is 3.39. The van der Waals surface area contributed by atoms with Gasteiger partial charge in [-0.05, 0) is 51.7 Å². The second-order valence-electron chi connectivity index (χ2n) is 8.62. The molecular formula is C21H30N4O2S. The highest BCUT2D eigenvalue weighted by Gasteiger charge is 2.22. The van der Waals surface area contributed by atoms with Crippen LogP contribution in [0.3, 0.4) is 0 Å². The van der Waals surface area contributed by atoms with Gasteiger partial charge in [0.1, 0.15) is 6.54 Å². The number of fused-ring (bicyclic) bond motifs is 1. The fraction of sp³-hybridized carbons (Fsp3) is 0.571. The quantitative estimate of drug-likeness (QED) is 0.779. The Morgan fingerprint density at radius 2 is 1.89 bits per heavy atom. The second kappa shape index (κ2) is 8.55. The van der Waals surface area contributed by atoms with Gasteiger partial charge in [0.2, 0.25) is 11.8 Å². The van der Waals surface area contributed by atoms with Crippen LogP contribution in [0, 0.1) is 5.92 Å². The molecule has 2 aromatic rings. The van der Waals surface area contributed by atoms with Crippen molar-refractivity contribution in [3.63, 3.8) is 0 Å². The minimum Gasteiger partial charge on any atom is -0.350 e. The number of amides is 2. The summed E-state index contributed by atoms with van der Waals surface area (Å²) in [6, 6.07) is 7.77. The van der Waals surface area contributed by atoms with Crippen LogP contribution in [0.5, 0.6) is 0 Å². The molecule has 0 saturated carbocycles. The molecule has 2 heterocycles. The van der Waals surface area contributed by atoms with E-state index in [0.717, 1.165) is 37.0 Å². The summed E-state index contributed by atoms with van der Waals surface area (Å²) in [7, 11) is 0. The molecule has 6 nitrogen and oxygen atoms in total. The number of piperidine rings is 1. The van der Waals surface area contributed by atoms with E-state index >= 15 is 0 Å². The zero-order chi connectivity index (χ0) is 20.3. The first-order valence-electron chi connectivity index (χ1n) is 9.90. The van der Waals surface area contributed by atoms with Gasteiger partial charge in [-0.25, -0.2) is 4.98 Å². The summed E-state index contributed by atoms with van der Waals surface area (Å²) in [6.07, 6.45) is 2.14. The fourth-order valence-corrected chi connectivity index (χ4v) is 4.31. The molecule has 1 aromatic carbocycles. The first-order valence-corrected chi connectivity index (χ1v) is 10.9. The maximum absolute atomic E-state index is 12.6. The van der Waals surface area contributed by atoms with E-state index in [-0.39, 0.29) is 23.9 Å². The molecule has 152 valence electrons. The molecule has 1 aliphatic heterocycles. The maximum Gasteiger partial charge on any atom is 0.240 e. The predicted molar refractivity (Wildman–Crippen MR) is 113 cm³/mol. The molecule has 1 N–H and O–H groups in total. The molecule has 0 spiro atoms. The van der Waals surface area contributed by atoms with E-state index in [2.05, 4.69) is 17.2 Å². The van der Waals surface area contributed by atoms with E-state index in [1.807, 2.05) is 54.5 Å². The molecule has 1 saturated heterocycles. The summed E-state index contributed by atoms with van der Waals surface area (Å²) in [5.74, 6) is 1.13. The Labute approximate surface area is 171 Å². The van der Waals surface area contributed by atoms with Gasteiger partial charge in [0.25, 0.3) is 0 Å². The third-order valence-corrected chi connectivity index (χ3v) is 5.86. The van der Waals surface area contributed by atoms with Gasteiger partial charge in [0, 0.05) is 18.6 Å². The Bertz CT molecular complexity index is 848. The molecule has 1 aliphatic rings. The zero-order valence-corrected chi connectivity index (χ0v) is 18.0. The number of nitrogens with one attached hydrogen (secondary N) is 1. The summed E-state index contributed by atoms with van der Waals surface area (Å²) in [5.41, 5.74) is 1.46. The summed E-state index contributed by atoms with van der Waals surface area (Å²) in [5, 5.41) is 3.71. The van der Waals surface area contributed by atoms with Crippen molar-refractivity contribution < 1.29 is 9.59 Å². The normalized spacial score (nSPS) is 15.8. The summed E-state index contributed by atoms with van der Waals surface area (Å²) in [4.78, 5) is 31.7. The van der Waals surface area contributed by atoms with Crippen molar-refractivity contribution in [3.8, 4) is 0 Å². The van der Waals surface area contributed by atoms with Crippen molar-refractivity contribution in [1.29, 1.82) is 0 Å². The highest BCUT2D eigenvalue weighted by Crippen LogP contribution is 2.25. The molecule has 28 heavy (non-hydrogen) atoms. The number of carbonyl (C=O) groups is 2. The van der Waals surface area contributed by atoms with Crippen molar-refractivity contribution in [2.75, 3.05) is 18.8 Å². The van der Waals surface area contributed by atoms with Crippen LogP contribution in [0.15, 0.2) is 29.4 Å². The predicted octanol–water partition coefficient (Wildman–Crippen LogP) is 3.30. The lowest BCUT2D eigenvalue weighted by molar-refractivity contribution is -0.129. The molecule has 7 heteroatoms. The molecule has 3 rings (SSSR count). The summed E-state index contributed by atoms with van der Waals surface area (Å²) < 4.78 is 1.91. The van der Waals surface area contributed by atoms with Gasteiger partial charge in [0.15, 0.2) is 5.16 Å². The number of aromatic nitrogens is 2. The average molecular weight is 403 g/mol. The third kappa shape index (κ3) is 5.28. The Balaban J connectivity index is 1.73. The van der Waals surface area contributed by atoms with Gasteiger partial charge in [-0.1, -0.05) is 30.8 Å². The molecule has 1 fully saturated rings. The molecule has 0 aliphatic carbocycles. The number of hydrogen-bond donors (Lipinski definition) is 1. The van der Waals surface area contributed by atoms with E-state index in [9.17, 15) is 9.59 Å². The number of carbonyl (C=O) groups excluding carboxylic acids is 2. The van der Waals surface area contributed by atoms with Crippen LogP contribution < -0.4 is 5.32 Å². The Morgan fingerprint density at radius 3 is 2.57 bits per heavy atom. The van der Waals surface area contributed by atoms with Crippen molar-refractivity contribution in [2.45, 2.75) is 57.8 Å². The van der Waals surface area contributed by atoms with Crippen molar-refractivity contribution in [2.24, 2.45) is 5.92 Å². The summed E-state index contributed by atoms with van der Waals surface area (Å²) >= 11 is 1.42. The van der Waals surface area contributed by atoms with E-state index in [4.69, 9.17) is 0 Å². The van der Waals surface area contributed by atoms with E-state index < -0.39 is 0 Å². The van der Waals surface area contributed by atoms with Crippen LogP contribution >= 0.6 is 11.8 Å². The van der Waals surface area contributed by atoms with Crippen molar-refractivity contribution >= 4 is 34.6 Å². The molecule has 0 bridgehead atoms. The number of para-hydroxylation sites is 2. The second-order valence-corrected chi connectivity index (χ2v) is 9.56. The van der Waals surface area contributed by atoms with Crippen LogP contribution in [0.1, 0.15) is 40.5 Å². The molecular weight excluding hydrogens is 372 g/mol. The first-order chi connectivity index (χ1) is 13.2. The van der Waals surface area contributed by atoms with Crippen LogP contribution in [0.25, 0.3) is 11.0 Å². The van der Waals surface area contributed by atoms with Crippen LogP contribution in [0.4, 0.5) is 0 Å². The van der Waals surface area contributed by atoms with Crippen LogP contribution in [-0.2, 0) is 16.1 Å². The topological polar surface area (TPSA) is 67.2 Å². The minimum atomic E-state index is -0.290. The zero-order valence-electron chi connectivity index (χ0n) is 17.2. The number of hydrogen-bond acceptors (Lipinski definition) is 4. The largest absolute Gasteiger partial charge is 0.350 e. The number of thioether (sulfide) groups is 1. The van der Waals surface area contributed by atoms with Gasteiger partial charge in [-0.2, -0.15) is 0 Å². The van der Waals surface area contributed by atoms with Crippen LogP contribution in [-0.4, -0.2) is 50.6 Å². The summed E-state index contributed by atoms with van der Waals surface area (Å²) in [6.45, 7) is 9.99. The molecule has 1 aromatic heterocycles. The van der Waals surface area contributed by atoms with Gasteiger partial charge < -0.3 is 14.8 Å². The monoisotopic (exact) mass is 402 g/mol. The van der Waals surface area contributed by atoms with Crippen LogP contribution in [0.2, 0.25) is 0 Å². The third-order valence-electron chi connectivity index (χ3n) is 4.90. The number of imidazole rings is 1. The van der Waals surface area contributed by atoms with E-state index in [0.29, 0.717) is 16.8 Å². The van der Waals surface area contributed by atoms with Gasteiger partial charge in [-0.3, -0.25) is 9.59 Å². The van der Waals surface area contributed by atoms with Crippen molar-refractivity contribution in [1.82, 2.24) is 19.8 Å². The lowest BCUT2D eigenvalue weighted by Crippen LogP contribution is -2.42. The Hall–Kier alpha value is -2.02. The lowest BCUT2D eigenvalue weighted by Gasteiger charge is -2.30. The molecule has 2 amide bonds. The highest BCUT2D eigenvalue weighted by atomic mass is 32.2. The lowest BCUT2D eigenvalue weighted by atomic mass is 9.99. The van der Waals surface area contributed by atoms with E-state index in [1.165, 1.54) is 11.8 Å². The Kier molecular flexibility index (Phi) is 6.33. The van der Waals surface area contributed by atoms with E-state index in [1.54, 1.807) is 0 Å². The average Bonchev–Trinajstić information content (AvgIpc) is 2.96. The SMILES string of the molecule is CC1CCN(C(=O)CSc2nc3ccccc3n2CC(=O)NC(C)(C)C)CC1. The number of rotatable bonds is 5. The number of benzene rings is 1. The van der Waals surface area contributed by atoms with Gasteiger partial charge >= 0.3 is 0 Å². The standard InChI is InChI=1S/C21H30N4O2S/c1-15-9-11-24(12-10-15)19(27)14-28-20-22-16-7-5-6-8-17(16)25(20)13-18(26)23-21(2,3)4/h5-8,15H,9-14H2,1-4H3,(H,23,26). The van der Waals surface area contributed by atoms with Crippen molar-refractivity contribution in [3.05, 3.63) is 24.3 Å². The Morgan fingerprint density at radius 1 is 1.21 bits per heavy atom. The highest BCUT2D eigenvalue weighted by molar-refractivity contribution is 7.99. The van der Waals surface area contributed by atoms with Gasteiger partial charge in [0.05, 0.1) is 16.8 Å². The smallest absolute Gasteiger partial charge is 0.240 e. The molecule has 0 atom stereocenters. The number of nitrogens with zero attached hydrogens (tertiary/aromatic N) is 3. The maximum atomic E-state index is 12.6. The first kappa shape index (κ1) is 20.7. The number of likely N-dealkylation sites (tertiary alicyclic amines) is 1. The molecule has 0 unspecified atom stereocenters. The minimum absolute atomic E-state index is 0.0613. The van der Waals surface area contributed by atoms with Gasteiger partial charge in [-0.15, -0.1) is 0 Å². The molecule has 0 radical (unpaired) electrons.